The number of nitrogens with zero attached hydrogens (tertiary/aromatic N) is 2. The van der Waals surface area contributed by atoms with Crippen LogP contribution < -0.4 is 5.32 Å². The summed E-state index contributed by atoms with van der Waals surface area (Å²) in [4.78, 5) is 11.4. The second kappa shape index (κ2) is 5.79. The van der Waals surface area contributed by atoms with Crippen molar-refractivity contribution in [2.24, 2.45) is 0 Å². The molecule has 1 aromatic carbocycles. The Morgan fingerprint density at radius 3 is 2.80 bits per heavy atom. The second-order valence-electron chi connectivity index (χ2n) is 4.30. The average Bonchev–Trinajstić information content (AvgIpc) is 2.63. The predicted octanol–water partition coefficient (Wildman–Crippen LogP) is 0.722. The molecule has 0 atom stereocenters. The molecule has 0 aromatic heterocycles. The highest BCUT2D eigenvalue weighted by molar-refractivity contribution is 7.89. The van der Waals surface area contributed by atoms with Crippen LogP contribution in [-0.2, 0) is 14.8 Å². The van der Waals surface area contributed by atoms with Crippen molar-refractivity contribution >= 4 is 27.5 Å². The summed E-state index contributed by atoms with van der Waals surface area (Å²) in [6.45, 7) is 0.512. The van der Waals surface area contributed by atoms with E-state index in [9.17, 15) is 13.2 Å². The molecule has 1 amide bonds. The Balaban J connectivity index is 2.37. The minimum Gasteiger partial charge on any atom is -0.355 e. The molecule has 6 nitrogen and oxygen atoms in total. The van der Waals surface area contributed by atoms with Crippen LogP contribution in [0.5, 0.6) is 0 Å². The second-order valence-corrected chi connectivity index (χ2v) is 6.64. The number of carbonyl (C=O) groups is 1. The van der Waals surface area contributed by atoms with E-state index in [1.807, 2.05) is 6.07 Å². The Bertz CT molecular complexity index is 682. The molecule has 0 spiro atoms. The maximum absolute atomic E-state index is 12.4. The van der Waals surface area contributed by atoms with Crippen LogP contribution in [0.25, 0.3) is 0 Å². The first kappa shape index (κ1) is 14.8. The SMILES string of the molecule is N#Cc1ccc(S(=O)(=O)N2CCCNC(=O)C2)cc1Cl. The minimum absolute atomic E-state index is 0.0174. The van der Waals surface area contributed by atoms with Gasteiger partial charge in [-0.05, 0) is 24.6 Å². The van der Waals surface area contributed by atoms with Gasteiger partial charge in [0.05, 0.1) is 22.0 Å². The monoisotopic (exact) mass is 313 g/mol. The molecule has 8 heteroatoms. The first-order valence-electron chi connectivity index (χ1n) is 5.91. The average molecular weight is 314 g/mol. The predicted molar refractivity (Wildman–Crippen MR) is 72.6 cm³/mol. The third-order valence-electron chi connectivity index (χ3n) is 2.93. The highest BCUT2D eigenvalue weighted by Gasteiger charge is 2.28. The van der Waals surface area contributed by atoms with Crippen molar-refractivity contribution in [3.8, 4) is 6.07 Å². The molecule has 1 aliphatic rings. The lowest BCUT2D eigenvalue weighted by atomic mass is 10.2. The summed E-state index contributed by atoms with van der Waals surface area (Å²) in [7, 11) is -3.79. The first-order valence-corrected chi connectivity index (χ1v) is 7.73. The molecule has 1 aromatic rings. The van der Waals surface area contributed by atoms with Crippen LogP contribution in [0.2, 0.25) is 5.02 Å². The molecule has 1 heterocycles. The van der Waals surface area contributed by atoms with Crippen LogP contribution in [0.3, 0.4) is 0 Å². The number of hydrogen-bond acceptors (Lipinski definition) is 4. The fourth-order valence-electron chi connectivity index (χ4n) is 1.88. The summed E-state index contributed by atoms with van der Waals surface area (Å²) in [5.74, 6) is -0.328. The Labute approximate surface area is 122 Å². The van der Waals surface area contributed by atoms with E-state index in [0.29, 0.717) is 13.0 Å². The topological polar surface area (TPSA) is 90.3 Å². The summed E-state index contributed by atoms with van der Waals surface area (Å²) in [6, 6.07) is 5.78. The Morgan fingerprint density at radius 1 is 1.40 bits per heavy atom. The molecule has 2 rings (SSSR count). The van der Waals surface area contributed by atoms with E-state index in [4.69, 9.17) is 16.9 Å². The zero-order valence-electron chi connectivity index (χ0n) is 10.5. The van der Waals surface area contributed by atoms with E-state index in [0.717, 1.165) is 4.31 Å². The maximum atomic E-state index is 12.4. The molecule has 0 unspecified atom stereocenters. The normalized spacial score (nSPS) is 17.1. The van der Waals surface area contributed by atoms with Crippen molar-refractivity contribution in [3.05, 3.63) is 28.8 Å². The molecule has 1 aliphatic heterocycles. The van der Waals surface area contributed by atoms with Crippen molar-refractivity contribution in [1.82, 2.24) is 9.62 Å². The van der Waals surface area contributed by atoms with Gasteiger partial charge in [-0.15, -0.1) is 0 Å². The maximum Gasteiger partial charge on any atom is 0.243 e. The standard InChI is InChI=1S/C12H12ClN3O3S/c13-11-6-10(3-2-9(11)7-14)20(18,19)16-5-1-4-15-12(17)8-16/h2-3,6H,1,4-5,8H2,(H,15,17). The number of halogens is 1. The quantitative estimate of drug-likeness (QED) is 0.871. The van der Waals surface area contributed by atoms with Gasteiger partial charge in [-0.2, -0.15) is 9.57 Å². The molecule has 1 saturated heterocycles. The zero-order chi connectivity index (χ0) is 14.8. The van der Waals surface area contributed by atoms with E-state index >= 15 is 0 Å². The first-order chi connectivity index (χ1) is 9.45. The number of benzene rings is 1. The van der Waals surface area contributed by atoms with Gasteiger partial charge < -0.3 is 5.32 Å². The fraction of sp³-hybridized carbons (Fsp3) is 0.333. The molecule has 20 heavy (non-hydrogen) atoms. The van der Waals surface area contributed by atoms with Crippen molar-refractivity contribution in [2.45, 2.75) is 11.3 Å². The van der Waals surface area contributed by atoms with E-state index in [1.165, 1.54) is 18.2 Å². The third kappa shape index (κ3) is 2.93. The molecule has 0 radical (unpaired) electrons. The molecule has 0 saturated carbocycles. The highest BCUT2D eigenvalue weighted by Crippen LogP contribution is 2.23. The molecular weight excluding hydrogens is 302 g/mol. The highest BCUT2D eigenvalue weighted by atomic mass is 35.5. The van der Waals surface area contributed by atoms with Crippen LogP contribution in [0.4, 0.5) is 0 Å². The number of amides is 1. The summed E-state index contributed by atoms with van der Waals surface area (Å²) < 4.78 is 26.0. The summed E-state index contributed by atoms with van der Waals surface area (Å²) >= 11 is 5.85. The van der Waals surface area contributed by atoms with E-state index in [1.54, 1.807) is 0 Å². The lowest BCUT2D eigenvalue weighted by Crippen LogP contribution is -2.37. The van der Waals surface area contributed by atoms with Crippen LogP contribution >= 0.6 is 11.6 Å². The Hall–Kier alpha value is -1.62. The molecule has 0 aliphatic carbocycles. The van der Waals surface area contributed by atoms with Crippen molar-refractivity contribution in [1.29, 1.82) is 5.26 Å². The number of hydrogen-bond donors (Lipinski definition) is 1. The van der Waals surface area contributed by atoms with Gasteiger partial charge in [0.15, 0.2) is 0 Å². The van der Waals surface area contributed by atoms with Gasteiger partial charge in [-0.3, -0.25) is 4.79 Å². The number of nitriles is 1. The van der Waals surface area contributed by atoms with Crippen LogP contribution in [-0.4, -0.2) is 38.3 Å². The van der Waals surface area contributed by atoms with Crippen LogP contribution in [0, 0.1) is 11.3 Å². The van der Waals surface area contributed by atoms with E-state index in [-0.39, 0.29) is 34.5 Å². The van der Waals surface area contributed by atoms with Gasteiger partial charge in [0.2, 0.25) is 15.9 Å². The summed E-state index contributed by atoms with van der Waals surface area (Å²) in [6.07, 6.45) is 0.551. The van der Waals surface area contributed by atoms with Crippen LogP contribution in [0.15, 0.2) is 23.1 Å². The number of carbonyl (C=O) groups excluding carboxylic acids is 1. The molecular formula is C12H12ClN3O3S. The molecule has 106 valence electrons. The van der Waals surface area contributed by atoms with Gasteiger partial charge >= 0.3 is 0 Å². The van der Waals surface area contributed by atoms with Gasteiger partial charge in [-0.25, -0.2) is 8.42 Å². The lowest BCUT2D eigenvalue weighted by molar-refractivity contribution is -0.120. The summed E-state index contributed by atoms with van der Waals surface area (Å²) in [5, 5.41) is 11.5. The Kier molecular flexibility index (Phi) is 4.28. The van der Waals surface area contributed by atoms with Crippen LogP contribution in [0.1, 0.15) is 12.0 Å². The smallest absolute Gasteiger partial charge is 0.243 e. The number of sulfonamides is 1. The fourth-order valence-corrected chi connectivity index (χ4v) is 3.63. The van der Waals surface area contributed by atoms with Gasteiger partial charge in [-0.1, -0.05) is 11.6 Å². The van der Waals surface area contributed by atoms with Gasteiger partial charge in [0.1, 0.15) is 6.07 Å². The number of rotatable bonds is 2. The summed E-state index contributed by atoms with van der Waals surface area (Å²) in [5.41, 5.74) is 0.208. The van der Waals surface area contributed by atoms with E-state index < -0.39 is 10.0 Å². The van der Waals surface area contributed by atoms with Crippen molar-refractivity contribution < 1.29 is 13.2 Å². The molecule has 0 bridgehead atoms. The zero-order valence-corrected chi connectivity index (χ0v) is 12.0. The minimum atomic E-state index is -3.79. The lowest BCUT2D eigenvalue weighted by Gasteiger charge is -2.18. The largest absolute Gasteiger partial charge is 0.355 e. The molecule has 1 N–H and O–H groups in total. The number of nitrogens with one attached hydrogen (secondary N) is 1. The van der Waals surface area contributed by atoms with E-state index in [2.05, 4.69) is 5.32 Å². The Morgan fingerprint density at radius 2 is 2.15 bits per heavy atom. The van der Waals surface area contributed by atoms with Gasteiger partial charge in [0.25, 0.3) is 0 Å². The third-order valence-corrected chi connectivity index (χ3v) is 5.08. The van der Waals surface area contributed by atoms with Crippen molar-refractivity contribution in [3.63, 3.8) is 0 Å². The van der Waals surface area contributed by atoms with Crippen molar-refractivity contribution in [2.75, 3.05) is 19.6 Å². The molecule has 1 fully saturated rings. The van der Waals surface area contributed by atoms with Gasteiger partial charge in [0, 0.05) is 13.1 Å².